The van der Waals surface area contributed by atoms with Gasteiger partial charge in [-0.3, -0.25) is 9.32 Å². The van der Waals surface area contributed by atoms with Crippen LogP contribution in [0, 0.1) is 0 Å². The molecule has 0 radical (unpaired) electrons. The second kappa shape index (κ2) is 10.4. The first-order valence-corrected chi connectivity index (χ1v) is 11.4. The van der Waals surface area contributed by atoms with E-state index in [0.29, 0.717) is 16.9 Å². The molecule has 0 spiro atoms. The Hall–Kier alpha value is -3.27. The summed E-state index contributed by atoms with van der Waals surface area (Å²) in [5.74, 6) is -0.0458. The van der Waals surface area contributed by atoms with Gasteiger partial charge in [0.2, 0.25) is 0 Å². The molecule has 0 aliphatic carbocycles. The third-order valence-corrected chi connectivity index (χ3v) is 6.01. The number of imidazole rings is 1. The minimum Gasteiger partial charge on any atom is -0.460 e. The molecule has 0 unspecified atom stereocenters. The number of hydrogen-bond donors (Lipinski definition) is 2. The number of ether oxygens (including phenoxy) is 1. The fourth-order valence-electron chi connectivity index (χ4n) is 2.83. The van der Waals surface area contributed by atoms with Crippen LogP contribution in [-0.4, -0.2) is 44.2 Å². The quantitative estimate of drug-likeness (QED) is 0.249. The molecule has 0 fully saturated rings. The van der Waals surface area contributed by atoms with Crippen LogP contribution in [0.1, 0.15) is 13.8 Å². The third-order valence-electron chi connectivity index (χ3n) is 4.22. The van der Waals surface area contributed by atoms with Crippen molar-refractivity contribution in [1.82, 2.24) is 24.6 Å². The number of rotatable bonds is 11. The van der Waals surface area contributed by atoms with Crippen molar-refractivity contribution >= 4 is 30.7 Å². The summed E-state index contributed by atoms with van der Waals surface area (Å²) in [5.41, 5.74) is 6.80. The van der Waals surface area contributed by atoms with E-state index >= 15 is 0 Å². The Balaban J connectivity index is 1.77. The van der Waals surface area contributed by atoms with Gasteiger partial charge in [0, 0.05) is 0 Å². The minimum atomic E-state index is -4.00. The molecule has 1 aromatic carbocycles. The zero-order valence-electron chi connectivity index (χ0n) is 17.7. The number of carbonyl (C=O) groups excluding carboxylic acids is 1. The van der Waals surface area contributed by atoms with E-state index < -0.39 is 25.9 Å². The van der Waals surface area contributed by atoms with E-state index in [2.05, 4.69) is 26.6 Å². The van der Waals surface area contributed by atoms with Gasteiger partial charge in [-0.2, -0.15) is 5.09 Å². The molecule has 3 atom stereocenters. The number of benzene rings is 1. The zero-order valence-corrected chi connectivity index (χ0v) is 18.6. The second-order valence-electron chi connectivity index (χ2n) is 6.92. The summed E-state index contributed by atoms with van der Waals surface area (Å²) < 4.78 is 31.7. The molecular weight excluding hydrogens is 435 g/mol. The van der Waals surface area contributed by atoms with Crippen LogP contribution in [0.5, 0.6) is 5.75 Å². The van der Waals surface area contributed by atoms with Gasteiger partial charge in [-0.15, -0.1) is 0 Å². The van der Waals surface area contributed by atoms with E-state index in [0.717, 1.165) is 0 Å². The average molecular weight is 460 g/mol. The van der Waals surface area contributed by atoms with E-state index in [-0.39, 0.29) is 19.0 Å². The van der Waals surface area contributed by atoms with Gasteiger partial charge >= 0.3 is 13.7 Å². The summed E-state index contributed by atoms with van der Waals surface area (Å²) in [5, 5.41) is 2.64. The molecule has 3 rings (SSSR count). The lowest BCUT2D eigenvalue weighted by atomic mass is 10.3. The number of anilines is 1. The van der Waals surface area contributed by atoms with Gasteiger partial charge in [0.05, 0.1) is 19.0 Å². The molecule has 11 nitrogen and oxygen atoms in total. The third kappa shape index (κ3) is 5.91. The highest BCUT2D eigenvalue weighted by atomic mass is 31.2. The maximum atomic E-state index is 13.6. The maximum absolute atomic E-state index is 13.6. The number of esters is 1. The topological polar surface area (TPSA) is 143 Å². The van der Waals surface area contributed by atoms with Crippen molar-refractivity contribution in [3.63, 3.8) is 0 Å². The van der Waals surface area contributed by atoms with Crippen molar-refractivity contribution < 1.29 is 23.1 Å². The zero-order chi connectivity index (χ0) is 23.1. The minimum absolute atomic E-state index is 0.0324. The van der Waals surface area contributed by atoms with Crippen molar-refractivity contribution in [1.29, 1.82) is 0 Å². The van der Waals surface area contributed by atoms with Gasteiger partial charge in [0.1, 0.15) is 30.2 Å². The Morgan fingerprint density at radius 1 is 1.28 bits per heavy atom. The Morgan fingerprint density at radius 2 is 2.03 bits per heavy atom. The van der Waals surface area contributed by atoms with Gasteiger partial charge in [0.25, 0.3) is 0 Å². The number of nitrogens with two attached hydrogens (primary N) is 1. The van der Waals surface area contributed by atoms with Gasteiger partial charge in [-0.25, -0.2) is 19.5 Å². The lowest BCUT2D eigenvalue weighted by Gasteiger charge is -2.25. The molecular formula is C20H25N6O5P. The van der Waals surface area contributed by atoms with Gasteiger partial charge < -0.3 is 19.6 Å². The van der Waals surface area contributed by atoms with Crippen molar-refractivity contribution in [3.05, 3.63) is 55.6 Å². The Morgan fingerprint density at radius 3 is 2.75 bits per heavy atom. The van der Waals surface area contributed by atoms with Crippen molar-refractivity contribution in [3.8, 4) is 5.75 Å². The maximum Gasteiger partial charge on any atom is 0.459 e. The van der Waals surface area contributed by atoms with Crippen LogP contribution in [0.3, 0.4) is 0 Å². The lowest BCUT2D eigenvalue weighted by Crippen LogP contribution is -2.36. The summed E-state index contributed by atoms with van der Waals surface area (Å²) in [7, 11) is -4.00. The number of para-hydroxylation sites is 1. The molecule has 2 aromatic heterocycles. The lowest BCUT2D eigenvalue weighted by molar-refractivity contribution is -0.144. The predicted molar refractivity (Wildman–Crippen MR) is 119 cm³/mol. The molecule has 0 saturated heterocycles. The molecule has 2 heterocycles. The van der Waals surface area contributed by atoms with E-state index in [9.17, 15) is 9.36 Å². The SMILES string of the molecule is C=CCOC(=O)[C@H](C)N[P@@](=O)(Oc1ccccc1)O[C@H](C)Cn1cnc2c(N)ncnc21. The predicted octanol–water partition coefficient (Wildman–Crippen LogP) is 2.71. The van der Waals surface area contributed by atoms with Crippen LogP contribution in [0.25, 0.3) is 11.2 Å². The second-order valence-corrected chi connectivity index (χ2v) is 8.56. The van der Waals surface area contributed by atoms with Gasteiger partial charge in [-0.05, 0) is 26.0 Å². The Labute approximate surface area is 185 Å². The van der Waals surface area contributed by atoms with E-state index in [1.54, 1.807) is 48.1 Å². The number of fused-ring (bicyclic) bond motifs is 1. The highest BCUT2D eigenvalue weighted by Crippen LogP contribution is 2.46. The number of nitrogens with zero attached hydrogens (tertiary/aromatic N) is 4. The molecule has 0 aliphatic rings. The highest BCUT2D eigenvalue weighted by molar-refractivity contribution is 7.52. The molecule has 32 heavy (non-hydrogen) atoms. The largest absolute Gasteiger partial charge is 0.460 e. The summed E-state index contributed by atoms with van der Waals surface area (Å²) in [6.07, 6.45) is 3.70. The fourth-order valence-corrected chi connectivity index (χ4v) is 4.51. The number of carbonyl (C=O) groups is 1. The number of hydrogen-bond acceptors (Lipinski definition) is 9. The van der Waals surface area contributed by atoms with Crippen LogP contribution in [0.2, 0.25) is 0 Å². The monoisotopic (exact) mass is 460 g/mol. The molecule has 170 valence electrons. The van der Waals surface area contributed by atoms with Crippen LogP contribution in [-0.2, 0) is 25.2 Å². The van der Waals surface area contributed by atoms with Gasteiger partial charge in [0.15, 0.2) is 11.5 Å². The number of nitrogens with one attached hydrogen (secondary N) is 1. The normalized spacial score (nSPS) is 14.9. The molecule has 12 heteroatoms. The van der Waals surface area contributed by atoms with E-state index in [4.69, 9.17) is 19.5 Å². The van der Waals surface area contributed by atoms with E-state index in [1.165, 1.54) is 19.3 Å². The Bertz CT molecular complexity index is 1120. The van der Waals surface area contributed by atoms with Crippen molar-refractivity contribution in [2.45, 2.75) is 32.5 Å². The standard InChI is InChI=1S/C20H25N6O5P/c1-4-10-29-20(27)15(3)25-32(28,31-16-8-6-5-7-9-16)30-14(2)11-26-13-24-17-18(21)22-12-23-19(17)26/h4-9,12-15H,1,10-11H2,2-3H3,(H,25,28)(H2,21,22,23)/t14-,15+,32+/m1/s1. The van der Waals surface area contributed by atoms with Crippen LogP contribution in [0.15, 0.2) is 55.6 Å². The summed E-state index contributed by atoms with van der Waals surface area (Å²) in [4.78, 5) is 24.5. The highest BCUT2D eigenvalue weighted by Gasteiger charge is 2.34. The number of aromatic nitrogens is 4. The molecule has 3 aromatic rings. The molecule has 3 N–H and O–H groups in total. The van der Waals surface area contributed by atoms with Crippen LogP contribution in [0.4, 0.5) is 5.82 Å². The van der Waals surface area contributed by atoms with Crippen LogP contribution >= 0.6 is 7.75 Å². The fraction of sp³-hybridized carbons (Fsp3) is 0.300. The summed E-state index contributed by atoms with van der Waals surface area (Å²) in [6, 6.07) is 7.55. The van der Waals surface area contributed by atoms with Crippen molar-refractivity contribution in [2.24, 2.45) is 0 Å². The first kappa shape index (κ1) is 23.4. The van der Waals surface area contributed by atoms with Gasteiger partial charge in [-0.1, -0.05) is 30.9 Å². The first-order valence-electron chi connectivity index (χ1n) is 9.81. The molecule has 0 aliphatic heterocycles. The van der Waals surface area contributed by atoms with Crippen LogP contribution < -0.4 is 15.3 Å². The average Bonchev–Trinajstić information content (AvgIpc) is 3.16. The molecule has 0 bridgehead atoms. The smallest absolute Gasteiger partial charge is 0.459 e. The van der Waals surface area contributed by atoms with Crippen molar-refractivity contribution in [2.75, 3.05) is 12.3 Å². The molecule has 0 amide bonds. The summed E-state index contributed by atoms with van der Waals surface area (Å²) in [6.45, 7) is 6.98. The molecule has 0 saturated carbocycles. The first-order chi connectivity index (χ1) is 15.3. The number of nitrogen functional groups attached to an aromatic ring is 1. The Kier molecular flexibility index (Phi) is 7.57. The summed E-state index contributed by atoms with van der Waals surface area (Å²) >= 11 is 0. The van der Waals surface area contributed by atoms with E-state index in [1.807, 2.05) is 0 Å².